The summed E-state index contributed by atoms with van der Waals surface area (Å²) in [5.74, 6) is 0. The summed E-state index contributed by atoms with van der Waals surface area (Å²) in [6, 6.07) is 7.85. The van der Waals surface area contributed by atoms with Gasteiger partial charge in [-0.15, -0.1) is 0 Å². The molecule has 0 aliphatic heterocycles. The third-order valence-electron chi connectivity index (χ3n) is 2.07. The summed E-state index contributed by atoms with van der Waals surface area (Å²) < 4.78 is 9.60. The van der Waals surface area contributed by atoms with Crippen molar-refractivity contribution in [1.29, 1.82) is 0 Å². The molecule has 2 heterocycles. The van der Waals surface area contributed by atoms with Crippen molar-refractivity contribution in [2.24, 2.45) is 0 Å². The predicted octanol–water partition coefficient (Wildman–Crippen LogP) is 2.95. The lowest BCUT2D eigenvalue weighted by atomic mass is 10.1. The van der Waals surface area contributed by atoms with Crippen molar-refractivity contribution in [3.63, 3.8) is 0 Å². The van der Waals surface area contributed by atoms with Crippen LogP contribution in [0, 0.1) is 0 Å². The van der Waals surface area contributed by atoms with Gasteiger partial charge in [0.05, 0.1) is 5.69 Å². The molecule has 0 radical (unpaired) electrons. The molecule has 0 unspecified atom stereocenters. The lowest BCUT2D eigenvalue weighted by molar-refractivity contribution is 0.603. The average molecular weight is 202 g/mol. The highest BCUT2D eigenvalue weighted by Crippen LogP contribution is 2.27. The largest absolute Gasteiger partial charge is 0.443 e. The minimum Gasteiger partial charge on any atom is -0.443 e. The first-order valence-electron chi connectivity index (χ1n) is 4.18. The van der Waals surface area contributed by atoms with Gasteiger partial charge in [0.1, 0.15) is 5.52 Å². The summed E-state index contributed by atoms with van der Waals surface area (Å²) in [7, 11) is 0. The van der Waals surface area contributed by atoms with E-state index in [1.165, 1.54) is 17.9 Å². The highest BCUT2D eigenvalue weighted by molar-refractivity contribution is 7.03. The van der Waals surface area contributed by atoms with Crippen molar-refractivity contribution >= 4 is 22.6 Å². The lowest BCUT2D eigenvalue weighted by Crippen LogP contribution is -1.77. The third kappa shape index (κ3) is 1.04. The Bertz CT molecular complexity index is 556. The fraction of sp³-hybridized carbons (Fsp3) is 0. The topological polar surface area (TPSA) is 38.9 Å². The minimum atomic E-state index is 0.804. The van der Waals surface area contributed by atoms with Gasteiger partial charge in [-0.3, -0.25) is 0 Å². The van der Waals surface area contributed by atoms with Gasteiger partial charge in [0.25, 0.3) is 0 Å². The van der Waals surface area contributed by atoms with Gasteiger partial charge >= 0.3 is 0 Å². The van der Waals surface area contributed by atoms with Crippen LogP contribution in [0.2, 0.25) is 0 Å². The second-order valence-corrected chi connectivity index (χ2v) is 3.56. The van der Waals surface area contributed by atoms with Crippen molar-refractivity contribution in [3.8, 4) is 11.3 Å². The van der Waals surface area contributed by atoms with Gasteiger partial charge in [-0.25, -0.2) is 4.98 Å². The second-order valence-electron chi connectivity index (χ2n) is 2.89. The molecule has 4 heteroatoms. The van der Waals surface area contributed by atoms with Crippen LogP contribution in [0.4, 0.5) is 0 Å². The zero-order valence-corrected chi connectivity index (χ0v) is 7.99. The maximum Gasteiger partial charge on any atom is 0.182 e. The molecule has 1 aromatic carbocycles. The fourth-order valence-electron chi connectivity index (χ4n) is 1.44. The van der Waals surface area contributed by atoms with E-state index in [1.54, 1.807) is 0 Å². The van der Waals surface area contributed by atoms with E-state index in [1.807, 2.05) is 29.6 Å². The molecule has 3 nitrogen and oxygen atoms in total. The average Bonchev–Trinajstić information content (AvgIpc) is 2.88. The number of rotatable bonds is 1. The van der Waals surface area contributed by atoms with Crippen LogP contribution < -0.4 is 0 Å². The van der Waals surface area contributed by atoms with Crippen LogP contribution in [-0.4, -0.2) is 9.36 Å². The number of nitrogens with zero attached hydrogens (tertiary/aromatic N) is 2. The molecular formula is C10H6N2OS. The summed E-state index contributed by atoms with van der Waals surface area (Å²) in [6.07, 6.45) is 1.46. The van der Waals surface area contributed by atoms with Crippen LogP contribution in [0.1, 0.15) is 0 Å². The molecule has 0 bridgehead atoms. The number of hydrogen-bond donors (Lipinski definition) is 0. The molecule has 3 rings (SSSR count). The van der Waals surface area contributed by atoms with Crippen LogP contribution >= 0.6 is 11.5 Å². The Balaban J connectivity index is 2.36. The Hall–Kier alpha value is -1.68. The van der Waals surface area contributed by atoms with Gasteiger partial charge in [-0.05, 0) is 29.7 Å². The number of oxazole rings is 1. The van der Waals surface area contributed by atoms with Crippen LogP contribution in [0.3, 0.4) is 0 Å². The molecule has 3 aromatic rings. The Morgan fingerprint density at radius 1 is 1.21 bits per heavy atom. The van der Waals surface area contributed by atoms with E-state index in [0.29, 0.717) is 0 Å². The molecule has 14 heavy (non-hydrogen) atoms. The number of aromatic nitrogens is 2. The highest BCUT2D eigenvalue weighted by Gasteiger charge is 2.08. The number of para-hydroxylation sites is 1. The minimum absolute atomic E-state index is 0.804. The standard InChI is InChI=1S/C10H6N2OS/c1-2-7(8-4-5-14-12-8)10-9(3-1)11-6-13-10/h1-6H. The first kappa shape index (κ1) is 7.70. The molecule has 0 fully saturated rings. The molecule has 0 N–H and O–H groups in total. The molecule has 0 atom stereocenters. The Kier molecular flexibility index (Phi) is 1.61. The third-order valence-corrected chi connectivity index (χ3v) is 2.63. The van der Waals surface area contributed by atoms with Crippen LogP contribution in [0.5, 0.6) is 0 Å². The maximum atomic E-state index is 5.33. The second kappa shape index (κ2) is 2.92. The first-order valence-corrected chi connectivity index (χ1v) is 5.02. The van der Waals surface area contributed by atoms with Crippen molar-refractivity contribution in [2.45, 2.75) is 0 Å². The molecule has 2 aromatic heterocycles. The number of hydrogen-bond acceptors (Lipinski definition) is 4. The predicted molar refractivity (Wildman–Crippen MR) is 55.1 cm³/mol. The summed E-state index contributed by atoms with van der Waals surface area (Å²) in [4.78, 5) is 4.10. The molecule has 68 valence electrons. The van der Waals surface area contributed by atoms with Gasteiger partial charge in [0.15, 0.2) is 12.0 Å². The summed E-state index contributed by atoms with van der Waals surface area (Å²) in [5.41, 5.74) is 3.62. The summed E-state index contributed by atoms with van der Waals surface area (Å²) >= 11 is 1.43. The monoisotopic (exact) mass is 202 g/mol. The van der Waals surface area contributed by atoms with Crippen molar-refractivity contribution in [3.05, 3.63) is 36.0 Å². The van der Waals surface area contributed by atoms with Crippen LogP contribution in [0.25, 0.3) is 22.4 Å². The normalized spacial score (nSPS) is 10.9. The molecule has 0 spiro atoms. The van der Waals surface area contributed by atoms with E-state index >= 15 is 0 Å². The Morgan fingerprint density at radius 3 is 3.07 bits per heavy atom. The Morgan fingerprint density at radius 2 is 2.21 bits per heavy atom. The van der Waals surface area contributed by atoms with Gasteiger partial charge < -0.3 is 4.42 Å². The van der Waals surface area contributed by atoms with Gasteiger partial charge in [-0.2, -0.15) is 4.37 Å². The molecule has 0 aliphatic carbocycles. The summed E-state index contributed by atoms with van der Waals surface area (Å²) in [5, 5.41) is 1.95. The van der Waals surface area contributed by atoms with E-state index in [2.05, 4.69) is 9.36 Å². The number of fused-ring (bicyclic) bond motifs is 1. The Labute approximate surface area is 84.2 Å². The van der Waals surface area contributed by atoms with E-state index in [-0.39, 0.29) is 0 Å². The van der Waals surface area contributed by atoms with Crippen molar-refractivity contribution in [2.75, 3.05) is 0 Å². The summed E-state index contributed by atoms with van der Waals surface area (Å²) in [6.45, 7) is 0. The first-order chi connectivity index (χ1) is 6.95. The molecule has 0 amide bonds. The van der Waals surface area contributed by atoms with E-state index in [9.17, 15) is 0 Å². The van der Waals surface area contributed by atoms with E-state index in [0.717, 1.165) is 22.4 Å². The van der Waals surface area contributed by atoms with E-state index < -0.39 is 0 Å². The molecule has 0 saturated carbocycles. The highest BCUT2D eigenvalue weighted by atomic mass is 32.1. The number of benzene rings is 1. The lowest BCUT2D eigenvalue weighted by Gasteiger charge is -1.95. The fourth-order valence-corrected chi connectivity index (χ4v) is 1.96. The SMILES string of the molecule is c1cc(-c2ccsn2)c2ocnc2c1. The van der Waals surface area contributed by atoms with Gasteiger partial charge in [0.2, 0.25) is 0 Å². The van der Waals surface area contributed by atoms with E-state index in [4.69, 9.17) is 4.42 Å². The molecule has 0 saturated heterocycles. The molecular weight excluding hydrogens is 196 g/mol. The smallest absolute Gasteiger partial charge is 0.182 e. The van der Waals surface area contributed by atoms with Gasteiger partial charge in [0, 0.05) is 10.9 Å². The van der Waals surface area contributed by atoms with Crippen LogP contribution in [-0.2, 0) is 0 Å². The maximum absolute atomic E-state index is 5.33. The van der Waals surface area contributed by atoms with Crippen molar-refractivity contribution < 1.29 is 4.42 Å². The zero-order chi connectivity index (χ0) is 9.38. The quantitative estimate of drug-likeness (QED) is 0.609. The van der Waals surface area contributed by atoms with Gasteiger partial charge in [-0.1, -0.05) is 6.07 Å². The molecule has 0 aliphatic rings. The van der Waals surface area contributed by atoms with Crippen molar-refractivity contribution in [1.82, 2.24) is 9.36 Å². The van der Waals surface area contributed by atoms with Crippen LogP contribution in [0.15, 0.2) is 40.5 Å². The zero-order valence-electron chi connectivity index (χ0n) is 7.18.